The molecule has 2 aromatic rings. The lowest BCUT2D eigenvalue weighted by Gasteiger charge is -2.12. The van der Waals surface area contributed by atoms with Crippen molar-refractivity contribution in [1.82, 2.24) is 5.32 Å². The van der Waals surface area contributed by atoms with Gasteiger partial charge >= 0.3 is 0 Å². The van der Waals surface area contributed by atoms with Crippen molar-refractivity contribution in [2.24, 2.45) is 0 Å². The molecule has 27 heavy (non-hydrogen) atoms. The standard InChI is InChI=1S/C20H24N2O4S/c1-4-14(2)21-19(23)16-8-10-18(11-9-16)22-20(24)17-7-5-6-15(12-17)13-27(3,25)26/h5-12,14H,4,13H2,1-3H3,(H,21,23)(H,22,24). The van der Waals surface area contributed by atoms with Gasteiger partial charge in [0.1, 0.15) is 0 Å². The van der Waals surface area contributed by atoms with Crippen LogP contribution in [-0.4, -0.2) is 32.5 Å². The number of sulfone groups is 1. The highest BCUT2D eigenvalue weighted by atomic mass is 32.2. The fraction of sp³-hybridized carbons (Fsp3) is 0.300. The number of hydrogen-bond donors (Lipinski definition) is 2. The van der Waals surface area contributed by atoms with Crippen LogP contribution in [0.3, 0.4) is 0 Å². The largest absolute Gasteiger partial charge is 0.350 e. The molecule has 0 aliphatic rings. The van der Waals surface area contributed by atoms with E-state index in [-0.39, 0.29) is 23.6 Å². The van der Waals surface area contributed by atoms with Crippen molar-refractivity contribution in [1.29, 1.82) is 0 Å². The Labute approximate surface area is 159 Å². The minimum absolute atomic E-state index is 0.0936. The van der Waals surface area contributed by atoms with Crippen LogP contribution in [0.4, 0.5) is 5.69 Å². The van der Waals surface area contributed by atoms with Gasteiger partial charge in [-0.2, -0.15) is 0 Å². The number of rotatable bonds is 7. The molecular formula is C20H24N2O4S. The fourth-order valence-corrected chi connectivity index (χ4v) is 3.21. The van der Waals surface area contributed by atoms with Crippen molar-refractivity contribution in [2.45, 2.75) is 32.1 Å². The van der Waals surface area contributed by atoms with Crippen molar-refractivity contribution in [3.05, 3.63) is 65.2 Å². The summed E-state index contributed by atoms with van der Waals surface area (Å²) in [5.74, 6) is -0.619. The van der Waals surface area contributed by atoms with Gasteiger partial charge in [0.25, 0.3) is 11.8 Å². The molecule has 1 unspecified atom stereocenters. The summed E-state index contributed by atoms with van der Waals surface area (Å²) in [7, 11) is -3.17. The highest BCUT2D eigenvalue weighted by Crippen LogP contribution is 2.14. The monoisotopic (exact) mass is 388 g/mol. The van der Waals surface area contributed by atoms with Crippen LogP contribution in [-0.2, 0) is 15.6 Å². The Morgan fingerprint density at radius 3 is 2.26 bits per heavy atom. The summed E-state index contributed by atoms with van der Waals surface area (Å²) in [6.45, 7) is 3.93. The molecule has 2 rings (SSSR count). The van der Waals surface area contributed by atoms with Crippen molar-refractivity contribution in [3.8, 4) is 0 Å². The number of carbonyl (C=O) groups is 2. The minimum Gasteiger partial charge on any atom is -0.350 e. The van der Waals surface area contributed by atoms with Crippen LogP contribution in [0.25, 0.3) is 0 Å². The van der Waals surface area contributed by atoms with Crippen molar-refractivity contribution < 1.29 is 18.0 Å². The zero-order valence-electron chi connectivity index (χ0n) is 15.7. The van der Waals surface area contributed by atoms with Crippen LogP contribution in [0, 0.1) is 0 Å². The SMILES string of the molecule is CCC(C)NC(=O)c1ccc(NC(=O)c2cccc(CS(C)(=O)=O)c2)cc1. The first-order chi connectivity index (χ1) is 12.7. The van der Waals surface area contributed by atoms with Gasteiger partial charge in [-0.1, -0.05) is 19.1 Å². The van der Waals surface area contributed by atoms with Crippen LogP contribution < -0.4 is 10.6 Å². The third kappa shape index (κ3) is 6.53. The first-order valence-corrected chi connectivity index (χ1v) is 10.7. The molecule has 7 heteroatoms. The van der Waals surface area contributed by atoms with Crippen molar-refractivity contribution in [2.75, 3.05) is 11.6 Å². The molecular weight excluding hydrogens is 364 g/mol. The van der Waals surface area contributed by atoms with Crippen LogP contribution >= 0.6 is 0 Å². The van der Waals surface area contributed by atoms with Gasteiger partial charge in [0.15, 0.2) is 9.84 Å². The lowest BCUT2D eigenvalue weighted by atomic mass is 10.1. The smallest absolute Gasteiger partial charge is 0.255 e. The topological polar surface area (TPSA) is 92.3 Å². The molecule has 0 spiro atoms. The van der Waals surface area contributed by atoms with E-state index in [1.165, 1.54) is 0 Å². The minimum atomic E-state index is -3.17. The molecule has 6 nitrogen and oxygen atoms in total. The average molecular weight is 388 g/mol. The normalized spacial score (nSPS) is 12.3. The molecule has 0 saturated heterocycles. The number of amides is 2. The summed E-state index contributed by atoms with van der Waals surface area (Å²) in [6, 6.07) is 13.2. The summed E-state index contributed by atoms with van der Waals surface area (Å²) in [4.78, 5) is 24.5. The number of anilines is 1. The molecule has 0 bridgehead atoms. The van der Waals surface area contributed by atoms with Gasteiger partial charge in [0, 0.05) is 29.1 Å². The van der Waals surface area contributed by atoms with Gasteiger partial charge in [0.2, 0.25) is 0 Å². The van der Waals surface area contributed by atoms with Gasteiger partial charge < -0.3 is 10.6 Å². The number of benzene rings is 2. The molecule has 1 atom stereocenters. The summed E-state index contributed by atoms with van der Waals surface area (Å²) < 4.78 is 22.8. The Bertz CT molecular complexity index is 921. The van der Waals surface area contributed by atoms with E-state index in [1.54, 1.807) is 48.5 Å². The molecule has 0 aromatic heterocycles. The van der Waals surface area contributed by atoms with Crippen LogP contribution in [0.1, 0.15) is 46.5 Å². The Hall–Kier alpha value is -2.67. The maximum absolute atomic E-state index is 12.4. The molecule has 0 saturated carbocycles. The van der Waals surface area contributed by atoms with Gasteiger partial charge in [-0.15, -0.1) is 0 Å². The Balaban J connectivity index is 2.06. The molecule has 2 amide bonds. The first-order valence-electron chi connectivity index (χ1n) is 8.67. The Morgan fingerprint density at radius 2 is 1.67 bits per heavy atom. The predicted molar refractivity (Wildman–Crippen MR) is 107 cm³/mol. The first kappa shape index (κ1) is 20.6. The van der Waals surface area contributed by atoms with E-state index in [0.717, 1.165) is 12.7 Å². The molecule has 0 fully saturated rings. The molecule has 0 radical (unpaired) electrons. The molecule has 2 N–H and O–H groups in total. The van der Waals surface area contributed by atoms with E-state index in [9.17, 15) is 18.0 Å². The highest BCUT2D eigenvalue weighted by Gasteiger charge is 2.11. The molecule has 2 aromatic carbocycles. The maximum Gasteiger partial charge on any atom is 0.255 e. The lowest BCUT2D eigenvalue weighted by Crippen LogP contribution is -2.31. The summed E-state index contributed by atoms with van der Waals surface area (Å²) in [5.41, 5.74) is 1.99. The van der Waals surface area contributed by atoms with E-state index in [1.807, 2.05) is 13.8 Å². The second-order valence-electron chi connectivity index (χ2n) is 6.58. The highest BCUT2D eigenvalue weighted by molar-refractivity contribution is 7.89. The second kappa shape index (κ2) is 8.81. The second-order valence-corrected chi connectivity index (χ2v) is 8.72. The van der Waals surface area contributed by atoms with Crippen molar-refractivity contribution in [3.63, 3.8) is 0 Å². The van der Waals surface area contributed by atoms with Gasteiger partial charge in [-0.25, -0.2) is 8.42 Å². The fourth-order valence-electron chi connectivity index (χ4n) is 2.42. The predicted octanol–water partition coefficient (Wildman–Crippen LogP) is 3.01. The van der Waals surface area contributed by atoms with Gasteiger partial charge in [-0.05, 0) is 55.3 Å². The average Bonchev–Trinajstić information content (AvgIpc) is 2.60. The third-order valence-corrected chi connectivity index (χ3v) is 4.87. The summed E-state index contributed by atoms with van der Waals surface area (Å²) >= 11 is 0. The third-order valence-electron chi connectivity index (χ3n) is 4.01. The summed E-state index contributed by atoms with van der Waals surface area (Å²) in [5, 5.41) is 5.63. The summed E-state index contributed by atoms with van der Waals surface area (Å²) in [6.07, 6.45) is 2.00. The quantitative estimate of drug-likeness (QED) is 0.763. The maximum atomic E-state index is 12.4. The molecule has 0 aliphatic carbocycles. The zero-order valence-corrected chi connectivity index (χ0v) is 16.5. The number of carbonyl (C=O) groups excluding carboxylic acids is 2. The van der Waals surface area contributed by atoms with Crippen LogP contribution in [0.2, 0.25) is 0 Å². The molecule has 0 heterocycles. The lowest BCUT2D eigenvalue weighted by molar-refractivity contribution is 0.0938. The van der Waals surface area contributed by atoms with Gasteiger partial charge in [-0.3, -0.25) is 9.59 Å². The number of hydrogen-bond acceptors (Lipinski definition) is 4. The van der Waals surface area contributed by atoms with E-state index < -0.39 is 9.84 Å². The zero-order chi connectivity index (χ0) is 20.0. The van der Waals surface area contributed by atoms with E-state index >= 15 is 0 Å². The van der Waals surface area contributed by atoms with E-state index in [0.29, 0.717) is 22.4 Å². The van der Waals surface area contributed by atoms with Gasteiger partial charge in [0.05, 0.1) is 5.75 Å². The van der Waals surface area contributed by atoms with Crippen LogP contribution in [0.5, 0.6) is 0 Å². The van der Waals surface area contributed by atoms with Crippen LogP contribution in [0.15, 0.2) is 48.5 Å². The van der Waals surface area contributed by atoms with E-state index in [2.05, 4.69) is 10.6 Å². The molecule has 144 valence electrons. The number of nitrogens with one attached hydrogen (secondary N) is 2. The molecule has 0 aliphatic heterocycles. The van der Waals surface area contributed by atoms with Crippen molar-refractivity contribution >= 4 is 27.3 Å². The van der Waals surface area contributed by atoms with E-state index in [4.69, 9.17) is 0 Å². The Morgan fingerprint density at radius 1 is 1.00 bits per heavy atom. The Kier molecular flexibility index (Phi) is 6.74.